The van der Waals surface area contributed by atoms with E-state index in [1.54, 1.807) is 6.08 Å². The van der Waals surface area contributed by atoms with Gasteiger partial charge in [-0.25, -0.2) is 4.79 Å². The van der Waals surface area contributed by atoms with Crippen LogP contribution in [0.15, 0.2) is 30.3 Å². The lowest BCUT2D eigenvalue weighted by Gasteiger charge is -2.22. The molecule has 1 N–H and O–H groups in total. The van der Waals surface area contributed by atoms with Crippen molar-refractivity contribution in [2.45, 2.75) is 32.1 Å². The summed E-state index contributed by atoms with van der Waals surface area (Å²) >= 11 is 0. The standard InChI is InChI=1S/C20H25N3O3/c21-12-5-13-22-19(24)16-26-20(25)11-8-17-6-9-18(10-7-17)23-14-3-1-2-4-15-23/h6-11H,1-5,13-16H2,(H,22,24)/b11-8+. The second kappa shape index (κ2) is 10.9. The first kappa shape index (κ1) is 19.5. The molecule has 1 aromatic carbocycles. The molecule has 1 aliphatic heterocycles. The van der Waals surface area contributed by atoms with E-state index in [0.717, 1.165) is 18.7 Å². The maximum Gasteiger partial charge on any atom is 0.331 e. The smallest absolute Gasteiger partial charge is 0.331 e. The maximum atomic E-state index is 11.7. The molecule has 0 saturated carbocycles. The Morgan fingerprint density at radius 2 is 1.85 bits per heavy atom. The molecular formula is C20H25N3O3. The number of anilines is 1. The Hall–Kier alpha value is -2.81. The average Bonchev–Trinajstić information content (AvgIpc) is 2.95. The SMILES string of the molecule is N#CCCNC(=O)COC(=O)/C=C/c1ccc(N2CCCCCC2)cc1. The van der Waals surface area contributed by atoms with Gasteiger partial charge >= 0.3 is 5.97 Å². The number of nitriles is 1. The predicted octanol–water partition coefficient (Wildman–Crippen LogP) is 2.65. The van der Waals surface area contributed by atoms with Crippen LogP contribution in [0.2, 0.25) is 0 Å². The second-order valence-electron chi connectivity index (χ2n) is 6.19. The van der Waals surface area contributed by atoms with Gasteiger partial charge in [-0.05, 0) is 36.6 Å². The molecule has 0 radical (unpaired) electrons. The van der Waals surface area contributed by atoms with E-state index in [1.807, 2.05) is 18.2 Å². The van der Waals surface area contributed by atoms with Crippen LogP contribution in [0.1, 0.15) is 37.7 Å². The van der Waals surface area contributed by atoms with Crippen LogP contribution in [0.5, 0.6) is 0 Å². The number of nitrogens with one attached hydrogen (secondary N) is 1. The van der Waals surface area contributed by atoms with Crippen LogP contribution in [0.4, 0.5) is 5.69 Å². The average molecular weight is 355 g/mol. The van der Waals surface area contributed by atoms with Crippen molar-refractivity contribution in [1.29, 1.82) is 5.26 Å². The van der Waals surface area contributed by atoms with Gasteiger partial charge in [0.05, 0.1) is 12.5 Å². The highest BCUT2D eigenvalue weighted by atomic mass is 16.5. The molecule has 6 heteroatoms. The van der Waals surface area contributed by atoms with Crippen molar-refractivity contribution in [3.05, 3.63) is 35.9 Å². The van der Waals surface area contributed by atoms with E-state index in [1.165, 1.54) is 37.4 Å². The normalized spacial score (nSPS) is 14.5. The molecule has 1 aliphatic rings. The van der Waals surface area contributed by atoms with E-state index in [4.69, 9.17) is 10.00 Å². The molecule has 1 fully saturated rings. The molecular weight excluding hydrogens is 330 g/mol. The third-order valence-electron chi connectivity index (χ3n) is 4.18. The third-order valence-corrected chi connectivity index (χ3v) is 4.18. The highest BCUT2D eigenvalue weighted by Gasteiger charge is 2.09. The lowest BCUT2D eigenvalue weighted by Crippen LogP contribution is -2.29. The van der Waals surface area contributed by atoms with Crippen LogP contribution < -0.4 is 10.2 Å². The van der Waals surface area contributed by atoms with Crippen molar-refractivity contribution < 1.29 is 14.3 Å². The largest absolute Gasteiger partial charge is 0.452 e. The summed E-state index contributed by atoms with van der Waals surface area (Å²) in [6.45, 7) is 2.10. The van der Waals surface area contributed by atoms with E-state index >= 15 is 0 Å². The summed E-state index contributed by atoms with van der Waals surface area (Å²) in [6, 6.07) is 10.00. The second-order valence-corrected chi connectivity index (χ2v) is 6.19. The number of benzene rings is 1. The highest BCUT2D eigenvalue weighted by Crippen LogP contribution is 2.20. The summed E-state index contributed by atoms with van der Waals surface area (Å²) < 4.78 is 4.86. The fourth-order valence-electron chi connectivity index (χ4n) is 2.78. The van der Waals surface area contributed by atoms with Gasteiger partial charge in [0.1, 0.15) is 0 Å². The van der Waals surface area contributed by atoms with Crippen molar-refractivity contribution in [3.8, 4) is 6.07 Å². The zero-order chi connectivity index (χ0) is 18.6. The van der Waals surface area contributed by atoms with Crippen LogP contribution in [0.25, 0.3) is 6.08 Å². The Labute approximate surface area is 154 Å². The molecule has 26 heavy (non-hydrogen) atoms. The quantitative estimate of drug-likeness (QED) is 0.462. The number of ether oxygens (including phenoxy) is 1. The molecule has 2 rings (SSSR count). The van der Waals surface area contributed by atoms with Crippen molar-refractivity contribution in [2.24, 2.45) is 0 Å². The van der Waals surface area contributed by atoms with Gasteiger partial charge < -0.3 is 15.0 Å². The number of carbonyl (C=O) groups is 2. The summed E-state index contributed by atoms with van der Waals surface area (Å²) in [5.74, 6) is -0.985. The number of amides is 1. The Balaban J connectivity index is 1.77. The van der Waals surface area contributed by atoms with Gasteiger partial charge in [0.15, 0.2) is 6.61 Å². The number of esters is 1. The molecule has 6 nitrogen and oxygen atoms in total. The predicted molar refractivity (Wildman–Crippen MR) is 100 cm³/mol. The first-order valence-electron chi connectivity index (χ1n) is 9.02. The Morgan fingerprint density at radius 3 is 2.50 bits per heavy atom. The van der Waals surface area contributed by atoms with Crippen molar-refractivity contribution in [2.75, 3.05) is 31.1 Å². The van der Waals surface area contributed by atoms with Crippen LogP contribution in [0, 0.1) is 11.3 Å². The minimum absolute atomic E-state index is 0.229. The molecule has 0 spiro atoms. The van der Waals surface area contributed by atoms with Gasteiger partial charge in [-0.3, -0.25) is 4.79 Å². The van der Waals surface area contributed by atoms with Gasteiger partial charge in [-0.2, -0.15) is 5.26 Å². The minimum atomic E-state index is -0.572. The van der Waals surface area contributed by atoms with Gasteiger partial charge in [0.25, 0.3) is 5.91 Å². The number of rotatable bonds is 7. The summed E-state index contributed by atoms with van der Waals surface area (Å²) in [4.78, 5) is 25.4. The van der Waals surface area contributed by atoms with Crippen LogP contribution >= 0.6 is 0 Å². The first-order chi connectivity index (χ1) is 12.7. The zero-order valence-corrected chi connectivity index (χ0v) is 14.9. The Morgan fingerprint density at radius 1 is 1.15 bits per heavy atom. The molecule has 0 bridgehead atoms. The Bertz CT molecular complexity index is 654. The van der Waals surface area contributed by atoms with E-state index in [9.17, 15) is 9.59 Å². The molecule has 1 amide bonds. The monoisotopic (exact) mass is 355 g/mol. The molecule has 0 unspecified atom stereocenters. The minimum Gasteiger partial charge on any atom is -0.452 e. The maximum absolute atomic E-state index is 11.7. The summed E-state index contributed by atoms with van der Waals surface area (Å²) in [6.07, 6.45) is 8.28. The molecule has 0 aliphatic carbocycles. The fourth-order valence-corrected chi connectivity index (χ4v) is 2.78. The van der Waals surface area contributed by atoms with E-state index in [-0.39, 0.29) is 19.6 Å². The topological polar surface area (TPSA) is 82.4 Å². The van der Waals surface area contributed by atoms with E-state index in [2.05, 4.69) is 22.3 Å². The van der Waals surface area contributed by atoms with E-state index in [0.29, 0.717) is 0 Å². The van der Waals surface area contributed by atoms with Crippen molar-refractivity contribution in [1.82, 2.24) is 5.32 Å². The molecule has 138 valence electrons. The number of nitrogens with zero attached hydrogens (tertiary/aromatic N) is 2. The molecule has 0 aromatic heterocycles. The lowest BCUT2D eigenvalue weighted by molar-refractivity contribution is -0.143. The summed E-state index contributed by atoms with van der Waals surface area (Å²) in [5, 5.41) is 10.9. The van der Waals surface area contributed by atoms with Crippen LogP contribution in [-0.2, 0) is 14.3 Å². The molecule has 0 atom stereocenters. The summed E-state index contributed by atoms with van der Waals surface area (Å²) in [7, 11) is 0. The Kier molecular flexibility index (Phi) is 8.20. The summed E-state index contributed by atoms with van der Waals surface area (Å²) in [5.41, 5.74) is 2.11. The highest BCUT2D eigenvalue weighted by molar-refractivity contribution is 5.89. The van der Waals surface area contributed by atoms with Crippen LogP contribution in [0.3, 0.4) is 0 Å². The number of carbonyl (C=O) groups excluding carboxylic acids is 2. The third kappa shape index (κ3) is 6.98. The molecule has 1 heterocycles. The van der Waals surface area contributed by atoms with Gasteiger partial charge in [0, 0.05) is 31.4 Å². The zero-order valence-electron chi connectivity index (χ0n) is 14.9. The number of hydrogen-bond acceptors (Lipinski definition) is 5. The van der Waals surface area contributed by atoms with Gasteiger partial charge in [-0.15, -0.1) is 0 Å². The fraction of sp³-hybridized carbons (Fsp3) is 0.450. The molecule has 1 aromatic rings. The molecule has 1 saturated heterocycles. The van der Waals surface area contributed by atoms with Gasteiger partial charge in [0.2, 0.25) is 0 Å². The first-order valence-corrected chi connectivity index (χ1v) is 9.02. The van der Waals surface area contributed by atoms with Crippen LogP contribution in [-0.4, -0.2) is 38.1 Å². The van der Waals surface area contributed by atoms with Crippen molar-refractivity contribution >= 4 is 23.6 Å². The van der Waals surface area contributed by atoms with E-state index < -0.39 is 11.9 Å². The van der Waals surface area contributed by atoms with Gasteiger partial charge in [-0.1, -0.05) is 25.0 Å². The van der Waals surface area contributed by atoms with Crippen molar-refractivity contribution in [3.63, 3.8) is 0 Å². The lowest BCUT2D eigenvalue weighted by atomic mass is 10.1. The number of hydrogen-bond donors (Lipinski definition) is 1.